The normalized spacial score (nSPS) is 17.5. The van der Waals surface area contributed by atoms with Gasteiger partial charge in [0.15, 0.2) is 17.4 Å². The van der Waals surface area contributed by atoms with Crippen LogP contribution >= 0.6 is 11.6 Å². The first-order chi connectivity index (χ1) is 27.3. The van der Waals surface area contributed by atoms with Crippen molar-refractivity contribution in [2.45, 2.75) is 32.2 Å². The highest BCUT2D eigenvalue weighted by molar-refractivity contribution is 6.44. The molecule has 4 amide bonds. The number of piperidine rings is 1. The number of piperazine rings is 1. The standard InChI is InChI=1S/C40H46ClN9O7/c1-24(51)23-57-34-21-27-20-28(6-9-32(27)47(4)40(34)56)45-36(25(2)41)44-26(3)43-14-13-42-12-5-15-48-16-18-49(19-17-48)29-7-8-30-31(22-29)39(55)50(38(30)54)33-10-11-35(52)46-37(33)53/h6-9,20-22,33,42-43H,2-3,5,10-19,23H2,1,4H3,(H,44,45)(H,46,52,53). The number of amides is 4. The second kappa shape index (κ2) is 18.0. The molecular formula is C40H46ClN9O7. The van der Waals surface area contributed by atoms with Gasteiger partial charge in [-0.15, -0.1) is 0 Å². The van der Waals surface area contributed by atoms with Crippen LogP contribution in [0.1, 0.15) is 46.9 Å². The lowest BCUT2D eigenvalue weighted by atomic mass is 10.0. The summed E-state index contributed by atoms with van der Waals surface area (Å²) in [6.07, 6.45) is 1.16. The van der Waals surface area contributed by atoms with Crippen LogP contribution in [-0.2, 0) is 21.4 Å². The minimum absolute atomic E-state index is 0.0787. The van der Waals surface area contributed by atoms with E-state index in [4.69, 9.17) is 16.3 Å². The van der Waals surface area contributed by atoms with Gasteiger partial charge in [0, 0.05) is 69.5 Å². The third kappa shape index (κ3) is 9.59. The van der Waals surface area contributed by atoms with Crippen molar-refractivity contribution in [1.29, 1.82) is 0 Å². The van der Waals surface area contributed by atoms with E-state index in [-0.39, 0.29) is 52.7 Å². The number of nitrogens with zero attached hydrogens (tertiary/aromatic N) is 5. The van der Waals surface area contributed by atoms with Gasteiger partial charge in [0.25, 0.3) is 17.4 Å². The summed E-state index contributed by atoms with van der Waals surface area (Å²) in [5.74, 6) is -1.45. The van der Waals surface area contributed by atoms with Gasteiger partial charge in [-0.05, 0) is 75.3 Å². The molecule has 57 heavy (non-hydrogen) atoms. The van der Waals surface area contributed by atoms with Crippen molar-refractivity contribution in [2.24, 2.45) is 12.0 Å². The summed E-state index contributed by atoms with van der Waals surface area (Å²) in [6.45, 7) is 15.3. The number of carbonyl (C=O) groups is 5. The highest BCUT2D eigenvalue weighted by Gasteiger charge is 2.44. The Hall–Kier alpha value is -5.84. The first-order valence-corrected chi connectivity index (χ1v) is 19.1. The largest absolute Gasteiger partial charge is 0.480 e. The molecule has 0 aliphatic carbocycles. The summed E-state index contributed by atoms with van der Waals surface area (Å²) >= 11 is 6.27. The van der Waals surface area contributed by atoms with Gasteiger partial charge in [-0.1, -0.05) is 24.8 Å². The molecule has 17 heteroatoms. The van der Waals surface area contributed by atoms with Crippen LogP contribution in [-0.4, -0.2) is 115 Å². The highest BCUT2D eigenvalue weighted by atomic mass is 35.5. The van der Waals surface area contributed by atoms with E-state index in [2.05, 4.69) is 49.2 Å². The number of rotatable bonds is 16. The molecule has 1 unspecified atom stereocenters. The molecule has 3 aliphatic rings. The third-order valence-electron chi connectivity index (χ3n) is 10.0. The van der Waals surface area contributed by atoms with Gasteiger partial charge in [0.1, 0.15) is 18.5 Å². The van der Waals surface area contributed by atoms with Gasteiger partial charge in [-0.25, -0.2) is 4.99 Å². The number of nitrogens with one attached hydrogen (secondary N) is 4. The number of halogens is 1. The number of fused-ring (bicyclic) bond motifs is 2. The zero-order chi connectivity index (χ0) is 40.8. The van der Waals surface area contributed by atoms with E-state index in [1.165, 1.54) is 11.5 Å². The predicted molar refractivity (Wildman–Crippen MR) is 218 cm³/mol. The molecule has 2 fully saturated rings. The number of ether oxygens (including phenoxy) is 1. The number of aliphatic imine (C=N–C) groups is 1. The van der Waals surface area contributed by atoms with Crippen LogP contribution in [0.3, 0.4) is 0 Å². The second-order valence-corrected chi connectivity index (χ2v) is 14.6. The fourth-order valence-corrected chi connectivity index (χ4v) is 7.10. The Labute approximate surface area is 334 Å². The van der Waals surface area contributed by atoms with Crippen molar-refractivity contribution in [3.05, 3.63) is 88.0 Å². The maximum absolute atomic E-state index is 13.2. The molecular weight excluding hydrogens is 754 g/mol. The molecule has 3 aliphatic heterocycles. The van der Waals surface area contributed by atoms with Crippen molar-refractivity contribution in [1.82, 2.24) is 30.3 Å². The van der Waals surface area contributed by atoms with E-state index < -0.39 is 29.7 Å². The average Bonchev–Trinajstić information content (AvgIpc) is 3.43. The Morgan fingerprint density at radius 2 is 1.72 bits per heavy atom. The average molecular weight is 800 g/mol. The SMILES string of the molecule is C=C(/N=C(/Nc1ccc2c(c1)cc(OCC(C)=O)c(=O)n2C)C(=C)Cl)NCCNCCCN1CCN(c2ccc3c(c2)C(=O)N(C2CCC(=O)NC2=O)C3=O)CC1. The summed E-state index contributed by atoms with van der Waals surface area (Å²) in [5.41, 5.74) is 2.40. The second-order valence-electron chi connectivity index (χ2n) is 14.1. The van der Waals surface area contributed by atoms with Crippen molar-refractivity contribution in [3.8, 4) is 5.75 Å². The lowest BCUT2D eigenvalue weighted by molar-refractivity contribution is -0.136. The molecule has 6 rings (SSSR count). The Morgan fingerprint density at radius 3 is 2.44 bits per heavy atom. The van der Waals surface area contributed by atoms with Gasteiger partial charge < -0.3 is 30.2 Å². The maximum Gasteiger partial charge on any atom is 0.293 e. The number of ketones is 1. The molecule has 0 bridgehead atoms. The van der Waals surface area contributed by atoms with Crippen LogP contribution in [0.2, 0.25) is 0 Å². The summed E-state index contributed by atoms with van der Waals surface area (Å²) in [4.78, 5) is 84.3. The molecule has 4 N–H and O–H groups in total. The molecule has 3 aromatic rings. The number of aryl methyl sites for hydroxylation is 1. The fraction of sp³-hybridized carbons (Fsp3) is 0.375. The number of carbonyl (C=O) groups excluding carboxylic acids is 5. The van der Waals surface area contributed by atoms with Gasteiger partial charge >= 0.3 is 0 Å². The quantitative estimate of drug-likeness (QED) is 0.0719. The molecule has 4 heterocycles. The van der Waals surface area contributed by atoms with Crippen molar-refractivity contribution in [3.63, 3.8) is 0 Å². The van der Waals surface area contributed by atoms with Crippen LogP contribution in [0.4, 0.5) is 11.4 Å². The molecule has 2 aromatic carbocycles. The number of Topliss-reactive ketones (excluding diaryl/α,β-unsaturated/α-hetero) is 1. The number of anilines is 2. The minimum atomic E-state index is -0.984. The van der Waals surface area contributed by atoms with Crippen molar-refractivity contribution < 1.29 is 28.7 Å². The van der Waals surface area contributed by atoms with Crippen LogP contribution in [0.25, 0.3) is 10.9 Å². The number of aromatic nitrogens is 1. The summed E-state index contributed by atoms with van der Waals surface area (Å²) in [5, 5.41) is 12.9. The molecule has 1 aromatic heterocycles. The Kier molecular flexibility index (Phi) is 12.9. The summed E-state index contributed by atoms with van der Waals surface area (Å²) < 4.78 is 6.89. The lowest BCUT2D eigenvalue weighted by Crippen LogP contribution is -2.54. The van der Waals surface area contributed by atoms with Gasteiger partial charge in [-0.2, -0.15) is 0 Å². The fourth-order valence-electron chi connectivity index (χ4n) is 7.01. The van der Waals surface area contributed by atoms with Crippen LogP contribution in [0, 0.1) is 0 Å². The predicted octanol–water partition coefficient (Wildman–Crippen LogP) is 2.33. The monoisotopic (exact) mass is 799 g/mol. The van der Waals surface area contributed by atoms with E-state index >= 15 is 0 Å². The zero-order valence-electron chi connectivity index (χ0n) is 32.0. The van der Waals surface area contributed by atoms with Crippen LogP contribution in [0.15, 0.2) is 76.3 Å². The van der Waals surface area contributed by atoms with E-state index in [1.807, 2.05) is 12.1 Å². The molecule has 16 nitrogen and oxygen atoms in total. The number of imide groups is 2. The number of amidine groups is 1. The van der Waals surface area contributed by atoms with Gasteiger partial charge in [-0.3, -0.25) is 43.9 Å². The van der Waals surface area contributed by atoms with Gasteiger partial charge in [0.05, 0.1) is 21.7 Å². The van der Waals surface area contributed by atoms with E-state index in [0.29, 0.717) is 41.3 Å². The molecule has 0 spiro atoms. The Balaban J connectivity index is 0.903. The lowest BCUT2D eigenvalue weighted by Gasteiger charge is -2.36. The number of pyridine rings is 1. The van der Waals surface area contributed by atoms with E-state index in [9.17, 15) is 28.8 Å². The molecule has 0 saturated carbocycles. The van der Waals surface area contributed by atoms with Crippen LogP contribution < -0.4 is 36.5 Å². The molecule has 1 atom stereocenters. The topological polar surface area (TPSA) is 187 Å². The number of hydrogen-bond donors (Lipinski definition) is 4. The van der Waals surface area contributed by atoms with Gasteiger partial charge in [0.2, 0.25) is 11.8 Å². The smallest absolute Gasteiger partial charge is 0.293 e. The molecule has 300 valence electrons. The number of benzene rings is 2. The van der Waals surface area contributed by atoms with Crippen molar-refractivity contribution in [2.75, 3.05) is 69.2 Å². The first kappa shape index (κ1) is 40.8. The molecule has 2 saturated heterocycles. The Bertz CT molecular complexity index is 2230. The van der Waals surface area contributed by atoms with Crippen LogP contribution in [0.5, 0.6) is 5.75 Å². The maximum atomic E-state index is 13.2. The summed E-state index contributed by atoms with van der Waals surface area (Å²) in [7, 11) is 1.64. The third-order valence-corrected chi connectivity index (χ3v) is 10.2. The van der Waals surface area contributed by atoms with E-state index in [0.717, 1.165) is 56.3 Å². The zero-order valence-corrected chi connectivity index (χ0v) is 32.7. The van der Waals surface area contributed by atoms with Crippen molar-refractivity contribution >= 4 is 69.1 Å². The Morgan fingerprint density at radius 1 is 0.965 bits per heavy atom. The molecule has 0 radical (unpaired) electrons. The first-order valence-electron chi connectivity index (χ1n) is 18.7. The summed E-state index contributed by atoms with van der Waals surface area (Å²) in [6, 6.07) is 11.2. The highest BCUT2D eigenvalue weighted by Crippen LogP contribution is 2.31. The van der Waals surface area contributed by atoms with E-state index in [1.54, 1.807) is 37.4 Å². The minimum Gasteiger partial charge on any atom is -0.480 e. The number of hydrogen-bond acceptors (Lipinski definition) is 12.